The molecule has 3 N–H and O–H groups in total. The summed E-state index contributed by atoms with van der Waals surface area (Å²) < 4.78 is 0. The van der Waals surface area contributed by atoms with Gasteiger partial charge in [0.1, 0.15) is 0 Å². The van der Waals surface area contributed by atoms with E-state index in [1.54, 1.807) is 0 Å². The number of nitrogens with zero attached hydrogens (tertiary/aromatic N) is 1. The smallest absolute Gasteiger partial charge is 0.0476 e. The summed E-state index contributed by atoms with van der Waals surface area (Å²) in [5.74, 6) is 0.438. The summed E-state index contributed by atoms with van der Waals surface area (Å²) in [6.07, 6.45) is 1.08. The maximum Gasteiger partial charge on any atom is 0.0476 e. The lowest BCUT2D eigenvalue weighted by atomic mass is 10.1. The van der Waals surface area contributed by atoms with Crippen LogP contribution >= 0.6 is 0 Å². The van der Waals surface area contributed by atoms with Gasteiger partial charge in [0, 0.05) is 37.0 Å². The molecule has 14 heavy (non-hydrogen) atoms. The molecule has 0 spiro atoms. The number of aliphatic hydroxyl groups is 1. The molecular formula is C11H16N2O. The quantitative estimate of drug-likeness (QED) is 0.689. The zero-order valence-electron chi connectivity index (χ0n) is 8.19. The first-order valence-electron chi connectivity index (χ1n) is 5.01. The highest BCUT2D eigenvalue weighted by Crippen LogP contribution is 2.23. The lowest BCUT2D eigenvalue weighted by Crippen LogP contribution is -2.20. The Bertz CT molecular complexity index is 297. The van der Waals surface area contributed by atoms with Crippen LogP contribution in [-0.2, 0) is 0 Å². The third-order valence-electron chi connectivity index (χ3n) is 2.80. The van der Waals surface area contributed by atoms with E-state index in [0.29, 0.717) is 12.5 Å². The fourth-order valence-corrected chi connectivity index (χ4v) is 1.90. The molecule has 1 atom stereocenters. The van der Waals surface area contributed by atoms with E-state index in [1.807, 2.05) is 24.3 Å². The minimum absolute atomic E-state index is 0.297. The summed E-state index contributed by atoms with van der Waals surface area (Å²) in [7, 11) is 0. The minimum Gasteiger partial charge on any atom is -0.399 e. The van der Waals surface area contributed by atoms with E-state index >= 15 is 0 Å². The second-order valence-corrected chi connectivity index (χ2v) is 3.87. The first kappa shape index (κ1) is 9.34. The Labute approximate surface area is 84.1 Å². The van der Waals surface area contributed by atoms with Crippen LogP contribution in [0.3, 0.4) is 0 Å². The van der Waals surface area contributed by atoms with Gasteiger partial charge in [0.2, 0.25) is 0 Å². The molecule has 0 aromatic heterocycles. The fourth-order valence-electron chi connectivity index (χ4n) is 1.90. The van der Waals surface area contributed by atoms with Gasteiger partial charge in [-0.3, -0.25) is 0 Å². The fraction of sp³-hybridized carbons (Fsp3) is 0.455. The van der Waals surface area contributed by atoms with Gasteiger partial charge in [-0.05, 0) is 30.7 Å². The average molecular weight is 192 g/mol. The Balaban J connectivity index is 2.06. The maximum absolute atomic E-state index is 9.03. The summed E-state index contributed by atoms with van der Waals surface area (Å²) in [4.78, 5) is 2.29. The van der Waals surface area contributed by atoms with Crippen LogP contribution < -0.4 is 10.6 Å². The molecule has 0 amide bonds. The number of hydrogen-bond acceptors (Lipinski definition) is 3. The predicted molar refractivity (Wildman–Crippen MR) is 58.3 cm³/mol. The first-order valence-corrected chi connectivity index (χ1v) is 5.01. The van der Waals surface area contributed by atoms with Crippen molar-refractivity contribution in [2.45, 2.75) is 6.42 Å². The van der Waals surface area contributed by atoms with E-state index in [-0.39, 0.29) is 0 Å². The van der Waals surface area contributed by atoms with Crippen LogP contribution in [0.5, 0.6) is 0 Å². The number of nitrogen functional groups attached to an aromatic ring is 1. The lowest BCUT2D eigenvalue weighted by Gasteiger charge is -2.18. The minimum atomic E-state index is 0.297. The van der Waals surface area contributed by atoms with Crippen LogP contribution in [0.15, 0.2) is 24.3 Å². The highest BCUT2D eigenvalue weighted by atomic mass is 16.3. The number of aliphatic hydroxyl groups excluding tert-OH is 1. The summed E-state index contributed by atoms with van der Waals surface area (Å²) >= 11 is 0. The Morgan fingerprint density at radius 1 is 1.36 bits per heavy atom. The summed E-state index contributed by atoms with van der Waals surface area (Å²) in [6.45, 7) is 2.29. The van der Waals surface area contributed by atoms with Crippen LogP contribution in [-0.4, -0.2) is 24.8 Å². The molecule has 1 heterocycles. The van der Waals surface area contributed by atoms with Gasteiger partial charge in [0.05, 0.1) is 0 Å². The van der Waals surface area contributed by atoms with Gasteiger partial charge in [-0.15, -0.1) is 0 Å². The van der Waals surface area contributed by atoms with Crippen LogP contribution in [0.4, 0.5) is 11.4 Å². The van der Waals surface area contributed by atoms with Crippen molar-refractivity contribution in [3.63, 3.8) is 0 Å². The maximum atomic E-state index is 9.03. The third-order valence-corrected chi connectivity index (χ3v) is 2.80. The molecule has 0 bridgehead atoms. The Morgan fingerprint density at radius 2 is 2.07 bits per heavy atom. The van der Waals surface area contributed by atoms with Gasteiger partial charge in [-0.1, -0.05) is 0 Å². The van der Waals surface area contributed by atoms with Crippen molar-refractivity contribution in [2.75, 3.05) is 30.3 Å². The van der Waals surface area contributed by atoms with Gasteiger partial charge in [-0.25, -0.2) is 0 Å². The molecule has 1 aliphatic heterocycles. The van der Waals surface area contributed by atoms with E-state index < -0.39 is 0 Å². The highest BCUT2D eigenvalue weighted by Gasteiger charge is 2.21. The average Bonchev–Trinajstić information content (AvgIpc) is 2.67. The molecule has 1 aromatic rings. The monoisotopic (exact) mass is 192 g/mol. The molecule has 1 aliphatic rings. The molecule has 3 heteroatoms. The number of anilines is 2. The number of rotatable bonds is 2. The largest absolute Gasteiger partial charge is 0.399 e. The molecule has 3 nitrogen and oxygen atoms in total. The molecular weight excluding hydrogens is 176 g/mol. The molecule has 0 radical (unpaired) electrons. The van der Waals surface area contributed by atoms with Gasteiger partial charge >= 0.3 is 0 Å². The van der Waals surface area contributed by atoms with Gasteiger partial charge < -0.3 is 15.7 Å². The molecule has 1 fully saturated rings. The van der Waals surface area contributed by atoms with Crippen LogP contribution in [0.2, 0.25) is 0 Å². The normalized spacial score (nSPS) is 21.5. The van der Waals surface area contributed by atoms with Crippen molar-refractivity contribution in [3.8, 4) is 0 Å². The molecule has 76 valence electrons. The molecule has 0 saturated carbocycles. The van der Waals surface area contributed by atoms with E-state index in [1.165, 1.54) is 5.69 Å². The Morgan fingerprint density at radius 3 is 2.64 bits per heavy atom. The number of benzene rings is 1. The second-order valence-electron chi connectivity index (χ2n) is 3.87. The lowest BCUT2D eigenvalue weighted by molar-refractivity contribution is 0.238. The molecule has 2 rings (SSSR count). The summed E-state index contributed by atoms with van der Waals surface area (Å²) in [5, 5.41) is 9.03. The van der Waals surface area contributed by atoms with Gasteiger partial charge in [0.25, 0.3) is 0 Å². The molecule has 1 saturated heterocycles. The Hall–Kier alpha value is -1.22. The molecule has 1 aromatic carbocycles. The Kier molecular flexibility index (Phi) is 2.59. The molecule has 0 aliphatic carbocycles. The zero-order chi connectivity index (χ0) is 9.97. The van der Waals surface area contributed by atoms with E-state index in [0.717, 1.165) is 25.2 Å². The van der Waals surface area contributed by atoms with Crippen molar-refractivity contribution in [1.29, 1.82) is 0 Å². The number of nitrogens with two attached hydrogens (primary N) is 1. The predicted octanol–water partition coefficient (Wildman–Crippen LogP) is 1.09. The molecule has 0 unspecified atom stereocenters. The van der Waals surface area contributed by atoms with Crippen molar-refractivity contribution in [3.05, 3.63) is 24.3 Å². The van der Waals surface area contributed by atoms with Crippen molar-refractivity contribution < 1.29 is 5.11 Å². The topological polar surface area (TPSA) is 49.5 Å². The highest BCUT2D eigenvalue weighted by molar-refractivity contribution is 5.53. The van der Waals surface area contributed by atoms with E-state index in [2.05, 4.69) is 4.90 Å². The van der Waals surface area contributed by atoms with E-state index in [4.69, 9.17) is 10.8 Å². The van der Waals surface area contributed by atoms with Crippen molar-refractivity contribution in [2.24, 2.45) is 5.92 Å². The summed E-state index contributed by atoms with van der Waals surface area (Å²) in [6, 6.07) is 7.91. The van der Waals surface area contributed by atoms with Crippen LogP contribution in [0.1, 0.15) is 6.42 Å². The zero-order valence-corrected chi connectivity index (χ0v) is 8.19. The second kappa shape index (κ2) is 3.88. The van der Waals surface area contributed by atoms with Gasteiger partial charge in [-0.2, -0.15) is 0 Å². The number of hydrogen-bond donors (Lipinski definition) is 2. The SMILES string of the molecule is Nc1ccc(N2CC[C@H](CO)C2)cc1. The van der Waals surface area contributed by atoms with Crippen LogP contribution in [0, 0.1) is 5.92 Å². The summed E-state index contributed by atoms with van der Waals surface area (Å²) in [5.41, 5.74) is 7.62. The van der Waals surface area contributed by atoms with Gasteiger partial charge in [0.15, 0.2) is 0 Å². The standard InChI is InChI=1S/C11H16N2O/c12-10-1-3-11(4-2-10)13-6-5-9(7-13)8-14/h1-4,9,14H,5-8,12H2/t9-/m0/s1. The van der Waals surface area contributed by atoms with Crippen molar-refractivity contribution >= 4 is 11.4 Å². The van der Waals surface area contributed by atoms with E-state index in [9.17, 15) is 0 Å². The third kappa shape index (κ3) is 1.82. The van der Waals surface area contributed by atoms with Crippen LogP contribution in [0.25, 0.3) is 0 Å². The van der Waals surface area contributed by atoms with Crippen molar-refractivity contribution in [1.82, 2.24) is 0 Å². The first-order chi connectivity index (χ1) is 6.79.